The predicted molar refractivity (Wildman–Crippen MR) is 169 cm³/mol. The SMILES string of the molecule is CC/C=C\C/C=C\C/C=C\C/C=C\C/C=C\CCCC(=O)NC(C)C(=O)OC(C)C(NC(=O)c1cccnc1)C(=O)OC. The Kier molecular flexibility index (Phi) is 19.9. The number of ether oxygens (including phenoxy) is 2. The second-order valence-electron chi connectivity index (χ2n) is 9.75. The number of hydrogen-bond donors (Lipinski definition) is 2. The number of nitrogens with one attached hydrogen (secondary N) is 2. The zero-order valence-corrected chi connectivity index (χ0v) is 25.9. The number of carbonyl (C=O) groups excluding carboxylic acids is 4. The Labute approximate surface area is 256 Å². The third kappa shape index (κ3) is 17.3. The van der Waals surface area contributed by atoms with Crippen LogP contribution in [0.15, 0.2) is 85.3 Å². The maximum Gasteiger partial charge on any atom is 0.332 e. The standard InChI is InChI=1S/C34H47N3O6/c1-5-6-7-8-9-10-11-12-13-14-15-16-17-18-19-20-21-24-30(38)36-27(2)33(40)43-28(3)31(34(41)42-4)37-32(39)29-23-22-25-35-26-29/h6-7,9-10,12-13,15-16,18-19,22-23,25-28,31H,5,8,11,14,17,20-21,24H2,1-4H3,(H,36,38)(H,37,39)/b7-6-,10-9-,13-12-,16-15-,19-18-. The molecule has 0 saturated carbocycles. The molecule has 3 unspecified atom stereocenters. The fourth-order valence-electron chi connectivity index (χ4n) is 3.69. The number of methoxy groups -OCH3 is 1. The van der Waals surface area contributed by atoms with Crippen LogP contribution < -0.4 is 10.6 Å². The van der Waals surface area contributed by atoms with Crippen molar-refractivity contribution in [1.82, 2.24) is 15.6 Å². The molecule has 1 rings (SSSR count). The van der Waals surface area contributed by atoms with E-state index in [4.69, 9.17) is 9.47 Å². The maximum atomic E-state index is 12.6. The van der Waals surface area contributed by atoms with Crippen LogP contribution in [-0.4, -0.2) is 54.0 Å². The molecule has 234 valence electrons. The van der Waals surface area contributed by atoms with Crippen LogP contribution in [0.25, 0.3) is 0 Å². The molecule has 0 bridgehead atoms. The summed E-state index contributed by atoms with van der Waals surface area (Å²) in [7, 11) is 1.17. The lowest BCUT2D eigenvalue weighted by Gasteiger charge is -2.24. The van der Waals surface area contributed by atoms with Crippen LogP contribution in [0.1, 0.15) is 82.5 Å². The Morgan fingerprint density at radius 3 is 1.95 bits per heavy atom. The minimum Gasteiger partial charge on any atom is -0.467 e. The Balaban J connectivity index is 2.30. The Hall–Kier alpha value is -4.27. The lowest BCUT2D eigenvalue weighted by molar-refractivity contribution is -0.158. The van der Waals surface area contributed by atoms with Crippen molar-refractivity contribution in [2.24, 2.45) is 0 Å². The van der Waals surface area contributed by atoms with Crippen LogP contribution in [0.5, 0.6) is 0 Å². The van der Waals surface area contributed by atoms with E-state index < -0.39 is 36.0 Å². The van der Waals surface area contributed by atoms with Gasteiger partial charge in [0.25, 0.3) is 5.91 Å². The van der Waals surface area contributed by atoms with E-state index in [2.05, 4.69) is 77.2 Å². The first-order valence-electron chi connectivity index (χ1n) is 14.8. The van der Waals surface area contributed by atoms with E-state index in [1.54, 1.807) is 6.07 Å². The molecule has 1 aromatic heterocycles. The molecule has 9 nitrogen and oxygen atoms in total. The van der Waals surface area contributed by atoms with Gasteiger partial charge in [-0.1, -0.05) is 67.7 Å². The molecule has 0 aromatic carbocycles. The number of carbonyl (C=O) groups is 4. The zero-order chi connectivity index (χ0) is 31.7. The van der Waals surface area contributed by atoms with E-state index in [1.807, 2.05) is 6.08 Å². The van der Waals surface area contributed by atoms with E-state index in [1.165, 1.54) is 39.4 Å². The van der Waals surface area contributed by atoms with Crippen LogP contribution in [0.2, 0.25) is 0 Å². The van der Waals surface area contributed by atoms with Crippen molar-refractivity contribution in [2.75, 3.05) is 7.11 Å². The Morgan fingerprint density at radius 1 is 0.837 bits per heavy atom. The molecular weight excluding hydrogens is 546 g/mol. The number of esters is 2. The molecule has 0 fully saturated rings. The minimum atomic E-state index is -1.24. The van der Waals surface area contributed by atoms with Crippen LogP contribution in [-0.2, 0) is 23.9 Å². The van der Waals surface area contributed by atoms with Gasteiger partial charge >= 0.3 is 11.9 Å². The second kappa shape index (κ2) is 23.3. The van der Waals surface area contributed by atoms with Crippen LogP contribution in [0, 0.1) is 0 Å². The molecule has 0 saturated heterocycles. The number of unbranched alkanes of at least 4 members (excludes halogenated alkanes) is 1. The highest BCUT2D eigenvalue weighted by atomic mass is 16.6. The quantitative estimate of drug-likeness (QED) is 0.113. The number of amides is 2. The highest BCUT2D eigenvalue weighted by Crippen LogP contribution is 2.07. The largest absolute Gasteiger partial charge is 0.467 e. The summed E-state index contributed by atoms with van der Waals surface area (Å²) in [6, 6.07) is 0.940. The van der Waals surface area contributed by atoms with Crippen molar-refractivity contribution in [2.45, 2.75) is 90.3 Å². The van der Waals surface area contributed by atoms with Gasteiger partial charge in [-0.15, -0.1) is 0 Å². The number of aromatic nitrogens is 1. The molecule has 1 heterocycles. The number of nitrogens with zero attached hydrogens (tertiary/aromatic N) is 1. The molecule has 0 radical (unpaired) electrons. The average Bonchev–Trinajstić information content (AvgIpc) is 3.01. The molecule has 1 aromatic rings. The minimum absolute atomic E-state index is 0.236. The lowest BCUT2D eigenvalue weighted by Crippen LogP contribution is -2.51. The zero-order valence-electron chi connectivity index (χ0n) is 25.9. The van der Waals surface area contributed by atoms with Crippen LogP contribution >= 0.6 is 0 Å². The summed E-state index contributed by atoms with van der Waals surface area (Å²) in [5, 5.41) is 5.12. The first-order valence-corrected chi connectivity index (χ1v) is 14.8. The molecule has 3 atom stereocenters. The lowest BCUT2D eigenvalue weighted by atomic mass is 10.1. The molecule has 0 spiro atoms. The third-order valence-electron chi connectivity index (χ3n) is 6.10. The van der Waals surface area contributed by atoms with E-state index in [-0.39, 0.29) is 17.9 Å². The predicted octanol–water partition coefficient (Wildman–Crippen LogP) is 5.71. The Morgan fingerprint density at radius 2 is 1.42 bits per heavy atom. The van der Waals surface area contributed by atoms with Gasteiger partial charge in [0.05, 0.1) is 12.7 Å². The van der Waals surface area contributed by atoms with Gasteiger partial charge in [0.15, 0.2) is 6.04 Å². The topological polar surface area (TPSA) is 124 Å². The van der Waals surface area contributed by atoms with Gasteiger partial charge in [-0.05, 0) is 70.9 Å². The van der Waals surface area contributed by atoms with Gasteiger partial charge in [0.1, 0.15) is 12.1 Å². The molecule has 2 amide bonds. The Bertz CT molecular complexity index is 1120. The molecule has 2 N–H and O–H groups in total. The van der Waals surface area contributed by atoms with Crippen LogP contribution in [0.4, 0.5) is 0 Å². The van der Waals surface area contributed by atoms with E-state index in [0.717, 1.165) is 38.5 Å². The van der Waals surface area contributed by atoms with Crippen molar-refractivity contribution in [3.05, 3.63) is 90.9 Å². The van der Waals surface area contributed by atoms with Gasteiger partial charge < -0.3 is 20.1 Å². The molecule has 9 heteroatoms. The molecule has 0 aliphatic carbocycles. The van der Waals surface area contributed by atoms with Crippen LogP contribution in [0.3, 0.4) is 0 Å². The summed E-state index contributed by atoms with van der Waals surface area (Å²) in [6.07, 6.45) is 29.6. The molecule has 0 aliphatic heterocycles. The average molecular weight is 594 g/mol. The number of hydrogen-bond acceptors (Lipinski definition) is 7. The monoisotopic (exact) mass is 593 g/mol. The smallest absolute Gasteiger partial charge is 0.332 e. The van der Waals surface area contributed by atoms with Crippen molar-refractivity contribution >= 4 is 23.8 Å². The first-order chi connectivity index (χ1) is 20.8. The van der Waals surface area contributed by atoms with Crippen molar-refractivity contribution < 1.29 is 28.7 Å². The van der Waals surface area contributed by atoms with Gasteiger partial charge in [-0.3, -0.25) is 14.6 Å². The first kappa shape index (κ1) is 36.8. The fourth-order valence-corrected chi connectivity index (χ4v) is 3.69. The van der Waals surface area contributed by atoms with Crippen molar-refractivity contribution in [1.29, 1.82) is 0 Å². The summed E-state index contributed by atoms with van der Waals surface area (Å²) in [6.45, 7) is 5.09. The second-order valence-corrected chi connectivity index (χ2v) is 9.75. The molecule has 43 heavy (non-hydrogen) atoms. The highest BCUT2D eigenvalue weighted by molar-refractivity contribution is 5.96. The van der Waals surface area contributed by atoms with E-state index >= 15 is 0 Å². The summed E-state index contributed by atoms with van der Waals surface area (Å²) in [5.74, 6) is -2.36. The number of pyridine rings is 1. The molecule has 0 aliphatic rings. The summed E-state index contributed by atoms with van der Waals surface area (Å²) in [5.41, 5.74) is 0.236. The van der Waals surface area contributed by atoms with Gasteiger partial charge in [-0.2, -0.15) is 0 Å². The van der Waals surface area contributed by atoms with Crippen molar-refractivity contribution in [3.63, 3.8) is 0 Å². The maximum absolute atomic E-state index is 12.6. The number of rotatable bonds is 20. The van der Waals surface area contributed by atoms with Gasteiger partial charge in [-0.25, -0.2) is 9.59 Å². The molecular formula is C34H47N3O6. The fraction of sp³-hybridized carbons (Fsp3) is 0.441. The third-order valence-corrected chi connectivity index (χ3v) is 6.10. The number of allylic oxidation sites excluding steroid dienone is 10. The van der Waals surface area contributed by atoms with Crippen molar-refractivity contribution in [3.8, 4) is 0 Å². The van der Waals surface area contributed by atoms with E-state index in [0.29, 0.717) is 6.42 Å². The summed E-state index contributed by atoms with van der Waals surface area (Å²) >= 11 is 0. The highest BCUT2D eigenvalue weighted by Gasteiger charge is 2.32. The van der Waals surface area contributed by atoms with Gasteiger partial charge in [0.2, 0.25) is 5.91 Å². The summed E-state index contributed by atoms with van der Waals surface area (Å²) < 4.78 is 10.1. The summed E-state index contributed by atoms with van der Waals surface area (Å²) in [4.78, 5) is 53.4. The van der Waals surface area contributed by atoms with E-state index in [9.17, 15) is 19.2 Å². The normalized spacial score (nSPS) is 14.0. The van der Waals surface area contributed by atoms with Gasteiger partial charge in [0, 0.05) is 18.8 Å².